The number of esters is 2. The van der Waals surface area contributed by atoms with Gasteiger partial charge in [-0.3, -0.25) is 9.59 Å². The number of hydrogen-bond donors (Lipinski definition) is 0. The standard InChI is InChI=1S/C10H7BrFNO3/c11-6-3-7(10(12)13-4-6)5-1-8(14)16-9(15)2-5/h3-5H,1-2H2. The van der Waals surface area contributed by atoms with E-state index in [-0.39, 0.29) is 18.4 Å². The van der Waals surface area contributed by atoms with Crippen LogP contribution >= 0.6 is 15.9 Å². The summed E-state index contributed by atoms with van der Waals surface area (Å²) in [6, 6.07) is 1.53. The van der Waals surface area contributed by atoms with Gasteiger partial charge in [0.15, 0.2) is 0 Å². The van der Waals surface area contributed by atoms with Crippen molar-refractivity contribution in [2.75, 3.05) is 0 Å². The van der Waals surface area contributed by atoms with Gasteiger partial charge in [0, 0.05) is 22.2 Å². The summed E-state index contributed by atoms with van der Waals surface area (Å²) in [7, 11) is 0. The van der Waals surface area contributed by atoms with E-state index < -0.39 is 23.8 Å². The van der Waals surface area contributed by atoms with Crippen LogP contribution in [0.1, 0.15) is 24.3 Å². The average Bonchev–Trinajstić information content (AvgIpc) is 2.20. The molecule has 1 fully saturated rings. The van der Waals surface area contributed by atoms with Gasteiger partial charge >= 0.3 is 11.9 Å². The molecule has 0 radical (unpaired) electrons. The molecule has 0 bridgehead atoms. The molecule has 2 heterocycles. The maximum absolute atomic E-state index is 13.4. The third-order valence-electron chi connectivity index (χ3n) is 2.33. The second kappa shape index (κ2) is 4.29. The quantitative estimate of drug-likeness (QED) is 0.450. The second-order valence-corrected chi connectivity index (χ2v) is 4.40. The lowest BCUT2D eigenvalue weighted by Crippen LogP contribution is -2.25. The summed E-state index contributed by atoms with van der Waals surface area (Å²) in [5, 5.41) is 0. The SMILES string of the molecule is O=C1CC(c2cc(Br)cnc2F)CC(=O)O1. The molecule has 1 aliphatic heterocycles. The molecule has 16 heavy (non-hydrogen) atoms. The van der Waals surface area contributed by atoms with Gasteiger partial charge in [-0.2, -0.15) is 4.39 Å². The van der Waals surface area contributed by atoms with Crippen molar-refractivity contribution in [1.82, 2.24) is 4.98 Å². The molecule has 84 valence electrons. The monoisotopic (exact) mass is 287 g/mol. The summed E-state index contributed by atoms with van der Waals surface area (Å²) < 4.78 is 18.4. The maximum atomic E-state index is 13.4. The van der Waals surface area contributed by atoms with Crippen LogP contribution in [0.15, 0.2) is 16.7 Å². The summed E-state index contributed by atoms with van der Waals surface area (Å²) in [6.45, 7) is 0. The van der Waals surface area contributed by atoms with Gasteiger partial charge in [0.05, 0.1) is 12.8 Å². The number of ether oxygens (including phenoxy) is 1. The van der Waals surface area contributed by atoms with E-state index >= 15 is 0 Å². The van der Waals surface area contributed by atoms with Gasteiger partial charge < -0.3 is 4.74 Å². The Hall–Kier alpha value is -1.30. The van der Waals surface area contributed by atoms with E-state index in [1.165, 1.54) is 12.3 Å². The van der Waals surface area contributed by atoms with Crippen LogP contribution in [0.5, 0.6) is 0 Å². The number of carbonyl (C=O) groups excluding carboxylic acids is 2. The van der Waals surface area contributed by atoms with E-state index in [0.29, 0.717) is 4.47 Å². The van der Waals surface area contributed by atoms with E-state index in [9.17, 15) is 14.0 Å². The Kier molecular flexibility index (Phi) is 3.00. The van der Waals surface area contributed by atoms with E-state index in [0.717, 1.165) is 0 Å². The third-order valence-corrected chi connectivity index (χ3v) is 2.76. The Bertz CT molecular complexity index is 447. The zero-order chi connectivity index (χ0) is 11.7. The molecule has 1 aromatic heterocycles. The van der Waals surface area contributed by atoms with Crippen molar-refractivity contribution < 1.29 is 18.7 Å². The second-order valence-electron chi connectivity index (χ2n) is 3.48. The molecule has 0 N–H and O–H groups in total. The molecule has 1 aromatic rings. The van der Waals surface area contributed by atoms with Crippen molar-refractivity contribution in [1.29, 1.82) is 0 Å². The Morgan fingerprint density at radius 2 is 2.00 bits per heavy atom. The predicted molar refractivity (Wildman–Crippen MR) is 55.0 cm³/mol. The zero-order valence-corrected chi connectivity index (χ0v) is 9.66. The average molecular weight is 288 g/mol. The molecule has 1 aliphatic rings. The smallest absolute Gasteiger partial charge is 0.314 e. The van der Waals surface area contributed by atoms with E-state index in [4.69, 9.17) is 0 Å². The molecule has 0 aromatic carbocycles. The number of hydrogen-bond acceptors (Lipinski definition) is 4. The highest BCUT2D eigenvalue weighted by Crippen LogP contribution is 2.30. The first-order chi connectivity index (χ1) is 7.56. The van der Waals surface area contributed by atoms with Gasteiger partial charge in [0.1, 0.15) is 0 Å². The molecule has 0 spiro atoms. The van der Waals surface area contributed by atoms with E-state index in [1.54, 1.807) is 0 Å². The number of carbonyl (C=O) groups is 2. The van der Waals surface area contributed by atoms with Crippen molar-refractivity contribution >= 4 is 27.9 Å². The first kappa shape index (κ1) is 11.2. The van der Waals surface area contributed by atoms with Crippen LogP contribution in [0.4, 0.5) is 4.39 Å². The fraction of sp³-hybridized carbons (Fsp3) is 0.300. The molecule has 0 atom stereocenters. The van der Waals surface area contributed by atoms with Crippen LogP contribution in [-0.2, 0) is 14.3 Å². The number of aromatic nitrogens is 1. The summed E-state index contributed by atoms with van der Waals surface area (Å²) in [4.78, 5) is 25.6. The fourth-order valence-corrected chi connectivity index (χ4v) is 1.98. The van der Waals surface area contributed by atoms with Crippen molar-refractivity contribution in [3.63, 3.8) is 0 Å². The Morgan fingerprint density at radius 1 is 1.38 bits per heavy atom. The number of cyclic esters (lactones) is 2. The first-order valence-corrected chi connectivity index (χ1v) is 5.40. The number of halogens is 2. The highest BCUT2D eigenvalue weighted by molar-refractivity contribution is 9.10. The molecule has 0 unspecified atom stereocenters. The minimum absolute atomic E-state index is 0.000787. The molecule has 2 rings (SSSR count). The Morgan fingerprint density at radius 3 is 2.62 bits per heavy atom. The Labute approximate surface area is 98.9 Å². The van der Waals surface area contributed by atoms with Crippen LogP contribution in [0.3, 0.4) is 0 Å². The molecule has 4 nitrogen and oxygen atoms in total. The highest BCUT2D eigenvalue weighted by Gasteiger charge is 2.30. The van der Waals surface area contributed by atoms with Gasteiger partial charge in [-0.1, -0.05) is 0 Å². The topological polar surface area (TPSA) is 56.3 Å². The molecular weight excluding hydrogens is 281 g/mol. The number of nitrogens with zero attached hydrogens (tertiary/aromatic N) is 1. The summed E-state index contributed by atoms with van der Waals surface area (Å²) in [5.41, 5.74) is 0.263. The number of rotatable bonds is 1. The van der Waals surface area contributed by atoms with Gasteiger partial charge in [-0.25, -0.2) is 4.98 Å². The van der Waals surface area contributed by atoms with E-state index in [1.807, 2.05) is 0 Å². The molecule has 0 saturated carbocycles. The summed E-state index contributed by atoms with van der Waals surface area (Å²) in [5.74, 6) is -2.39. The van der Waals surface area contributed by atoms with Crippen LogP contribution in [0, 0.1) is 5.95 Å². The Balaban J connectivity index is 2.32. The lowest BCUT2D eigenvalue weighted by Gasteiger charge is -2.20. The maximum Gasteiger partial charge on any atom is 0.314 e. The van der Waals surface area contributed by atoms with Crippen molar-refractivity contribution in [3.05, 3.63) is 28.2 Å². The minimum atomic E-state index is -0.657. The third kappa shape index (κ3) is 2.27. The minimum Gasteiger partial charge on any atom is -0.393 e. The largest absolute Gasteiger partial charge is 0.393 e. The van der Waals surface area contributed by atoms with Crippen molar-refractivity contribution in [3.8, 4) is 0 Å². The van der Waals surface area contributed by atoms with Gasteiger partial charge in [-0.15, -0.1) is 0 Å². The van der Waals surface area contributed by atoms with Crippen molar-refractivity contribution in [2.24, 2.45) is 0 Å². The van der Waals surface area contributed by atoms with E-state index in [2.05, 4.69) is 25.7 Å². The normalized spacial score (nSPS) is 17.4. The van der Waals surface area contributed by atoms with Gasteiger partial charge in [-0.05, 0) is 22.0 Å². The zero-order valence-electron chi connectivity index (χ0n) is 8.07. The summed E-state index contributed by atoms with van der Waals surface area (Å²) in [6.07, 6.45) is 1.32. The van der Waals surface area contributed by atoms with Crippen LogP contribution in [0.2, 0.25) is 0 Å². The predicted octanol–water partition coefficient (Wildman–Crippen LogP) is 1.93. The number of pyridine rings is 1. The lowest BCUT2D eigenvalue weighted by molar-refractivity contribution is -0.163. The molecular formula is C10H7BrFNO3. The van der Waals surface area contributed by atoms with Crippen LogP contribution in [-0.4, -0.2) is 16.9 Å². The molecule has 0 amide bonds. The van der Waals surface area contributed by atoms with Crippen LogP contribution in [0.25, 0.3) is 0 Å². The lowest BCUT2D eigenvalue weighted by atomic mass is 9.92. The summed E-state index contributed by atoms with van der Waals surface area (Å²) >= 11 is 3.16. The highest BCUT2D eigenvalue weighted by atomic mass is 79.9. The van der Waals surface area contributed by atoms with Crippen LogP contribution < -0.4 is 0 Å². The fourth-order valence-electron chi connectivity index (χ4n) is 1.63. The van der Waals surface area contributed by atoms with Crippen molar-refractivity contribution in [2.45, 2.75) is 18.8 Å². The van der Waals surface area contributed by atoms with Gasteiger partial charge in [0.2, 0.25) is 5.95 Å². The molecule has 1 saturated heterocycles. The van der Waals surface area contributed by atoms with Gasteiger partial charge in [0.25, 0.3) is 0 Å². The molecule has 0 aliphatic carbocycles. The first-order valence-electron chi connectivity index (χ1n) is 4.60. The molecule has 6 heteroatoms.